The zero-order valence-corrected chi connectivity index (χ0v) is 15.0. The summed E-state index contributed by atoms with van der Waals surface area (Å²) in [4.78, 5) is 23.8. The van der Waals surface area contributed by atoms with Crippen molar-refractivity contribution >= 4 is 11.9 Å². The fraction of sp³-hybridized carbons (Fsp3) is 0.789. The van der Waals surface area contributed by atoms with Crippen LogP contribution in [0.2, 0.25) is 0 Å². The summed E-state index contributed by atoms with van der Waals surface area (Å²) >= 11 is 0. The molecule has 132 valence electrons. The molecule has 3 atom stereocenters. The van der Waals surface area contributed by atoms with E-state index < -0.39 is 17.8 Å². The van der Waals surface area contributed by atoms with E-state index in [0.717, 1.165) is 25.7 Å². The minimum atomic E-state index is -0.906. The van der Waals surface area contributed by atoms with Gasteiger partial charge in [0.1, 0.15) is 6.10 Å². The number of hydrogen-bond donors (Lipinski definition) is 1. The second kappa shape index (κ2) is 9.74. The van der Waals surface area contributed by atoms with Crippen molar-refractivity contribution in [3.8, 4) is 0 Å². The van der Waals surface area contributed by atoms with Gasteiger partial charge in [0, 0.05) is 0 Å². The highest BCUT2D eigenvalue weighted by Crippen LogP contribution is 2.28. The predicted octanol–water partition coefficient (Wildman–Crippen LogP) is 4.44. The molecule has 1 aliphatic rings. The van der Waals surface area contributed by atoms with Crippen LogP contribution in [-0.2, 0) is 14.3 Å². The lowest BCUT2D eigenvalue weighted by Crippen LogP contribution is -2.34. The average Bonchev–Trinajstić information content (AvgIpc) is 2.45. The largest absolute Gasteiger partial charge is 0.481 e. The first-order valence-corrected chi connectivity index (χ1v) is 8.89. The van der Waals surface area contributed by atoms with Crippen LogP contribution >= 0.6 is 0 Å². The number of carbonyl (C=O) groups is 2. The highest BCUT2D eigenvalue weighted by atomic mass is 16.5. The third kappa shape index (κ3) is 7.19. The fourth-order valence-corrected chi connectivity index (χ4v) is 3.10. The minimum Gasteiger partial charge on any atom is -0.481 e. The monoisotopic (exact) mass is 324 g/mol. The Morgan fingerprint density at radius 2 is 1.65 bits per heavy atom. The first kappa shape index (κ1) is 19.7. The third-order valence-corrected chi connectivity index (χ3v) is 4.38. The van der Waals surface area contributed by atoms with Gasteiger partial charge in [-0.25, -0.2) is 0 Å². The van der Waals surface area contributed by atoms with Gasteiger partial charge in [-0.3, -0.25) is 9.59 Å². The number of ether oxygens (including phenoxy) is 1. The van der Waals surface area contributed by atoms with Gasteiger partial charge in [-0.2, -0.15) is 0 Å². The molecule has 0 aromatic carbocycles. The second-order valence-corrected chi connectivity index (χ2v) is 7.51. The molecule has 0 aromatic heterocycles. The molecular weight excluding hydrogens is 292 g/mol. The van der Waals surface area contributed by atoms with Gasteiger partial charge < -0.3 is 9.84 Å². The molecule has 0 radical (unpaired) electrons. The maximum Gasteiger partial charge on any atom is 0.310 e. The second-order valence-electron chi connectivity index (χ2n) is 7.51. The van der Waals surface area contributed by atoms with E-state index in [-0.39, 0.29) is 12.1 Å². The van der Waals surface area contributed by atoms with E-state index in [1.807, 2.05) is 12.2 Å². The van der Waals surface area contributed by atoms with Crippen LogP contribution in [0.1, 0.15) is 66.2 Å². The molecule has 0 bridgehead atoms. The lowest BCUT2D eigenvalue weighted by Gasteiger charge is -2.27. The Labute approximate surface area is 140 Å². The zero-order chi connectivity index (χ0) is 17.4. The molecule has 4 heteroatoms. The van der Waals surface area contributed by atoms with E-state index in [4.69, 9.17) is 4.74 Å². The van der Waals surface area contributed by atoms with Crippen molar-refractivity contribution < 1.29 is 19.4 Å². The van der Waals surface area contributed by atoms with Crippen molar-refractivity contribution in [2.75, 3.05) is 0 Å². The van der Waals surface area contributed by atoms with Crippen molar-refractivity contribution in [1.82, 2.24) is 0 Å². The summed E-state index contributed by atoms with van der Waals surface area (Å²) in [5, 5.41) is 9.30. The highest BCUT2D eigenvalue weighted by molar-refractivity contribution is 5.81. The molecule has 0 aromatic rings. The summed E-state index contributed by atoms with van der Waals surface area (Å²) in [5.74, 6) is -1.34. The molecule has 0 saturated carbocycles. The van der Waals surface area contributed by atoms with E-state index in [1.54, 1.807) is 0 Å². The minimum absolute atomic E-state index is 0.0957. The van der Waals surface area contributed by atoms with Crippen LogP contribution in [0.15, 0.2) is 12.2 Å². The van der Waals surface area contributed by atoms with E-state index in [0.29, 0.717) is 24.7 Å². The predicted molar refractivity (Wildman–Crippen MR) is 91.0 cm³/mol. The van der Waals surface area contributed by atoms with E-state index in [9.17, 15) is 14.7 Å². The normalized spacial score (nSPS) is 22.3. The number of carboxylic acid groups (broad SMARTS) is 1. The van der Waals surface area contributed by atoms with E-state index >= 15 is 0 Å². The molecule has 3 unspecified atom stereocenters. The van der Waals surface area contributed by atoms with Crippen LogP contribution in [0.25, 0.3) is 0 Å². The Balaban J connectivity index is 2.63. The van der Waals surface area contributed by atoms with Gasteiger partial charge >= 0.3 is 11.9 Å². The Kier molecular flexibility index (Phi) is 8.35. The topological polar surface area (TPSA) is 63.6 Å². The molecular formula is C19H32O4. The van der Waals surface area contributed by atoms with Gasteiger partial charge in [-0.05, 0) is 43.9 Å². The van der Waals surface area contributed by atoms with Crippen molar-refractivity contribution in [2.45, 2.75) is 72.3 Å². The van der Waals surface area contributed by atoms with Crippen LogP contribution < -0.4 is 0 Å². The number of allylic oxidation sites excluding steroid dienone is 2. The molecule has 4 nitrogen and oxygen atoms in total. The summed E-state index contributed by atoms with van der Waals surface area (Å²) in [5.41, 5.74) is 0. The smallest absolute Gasteiger partial charge is 0.310 e. The molecule has 23 heavy (non-hydrogen) atoms. The Bertz CT molecular complexity index is 412. The zero-order valence-electron chi connectivity index (χ0n) is 15.0. The fourth-order valence-electron chi connectivity index (χ4n) is 3.10. The van der Waals surface area contributed by atoms with Gasteiger partial charge in [-0.15, -0.1) is 0 Å². The molecule has 1 N–H and O–H groups in total. The molecule has 0 amide bonds. The summed E-state index contributed by atoms with van der Waals surface area (Å²) in [6.07, 6.45) is 8.38. The van der Waals surface area contributed by atoms with Crippen molar-refractivity contribution in [3.05, 3.63) is 12.2 Å². The molecule has 0 heterocycles. The molecule has 0 saturated heterocycles. The summed E-state index contributed by atoms with van der Waals surface area (Å²) < 4.78 is 5.73. The number of aliphatic carboxylic acids is 1. The number of esters is 1. The molecule has 0 aliphatic heterocycles. The van der Waals surface area contributed by atoms with Crippen LogP contribution in [-0.4, -0.2) is 23.1 Å². The maximum atomic E-state index is 12.5. The Morgan fingerprint density at radius 3 is 2.17 bits per heavy atom. The number of carbonyl (C=O) groups excluding carboxylic acids is 1. The van der Waals surface area contributed by atoms with Crippen molar-refractivity contribution in [2.24, 2.45) is 23.7 Å². The van der Waals surface area contributed by atoms with E-state index in [2.05, 4.69) is 27.7 Å². The van der Waals surface area contributed by atoms with Crippen LogP contribution in [0.4, 0.5) is 0 Å². The van der Waals surface area contributed by atoms with E-state index in [1.165, 1.54) is 0 Å². The van der Waals surface area contributed by atoms with Crippen LogP contribution in [0.3, 0.4) is 0 Å². The molecule has 1 aliphatic carbocycles. The summed E-state index contributed by atoms with van der Waals surface area (Å²) in [6.45, 7) is 8.62. The number of hydrogen-bond acceptors (Lipinski definition) is 3. The van der Waals surface area contributed by atoms with Crippen molar-refractivity contribution in [1.29, 1.82) is 0 Å². The first-order valence-electron chi connectivity index (χ1n) is 8.89. The average molecular weight is 324 g/mol. The van der Waals surface area contributed by atoms with Gasteiger partial charge in [-0.1, -0.05) is 46.3 Å². The quantitative estimate of drug-likeness (QED) is 0.503. The lowest BCUT2D eigenvalue weighted by atomic mass is 9.83. The number of carboxylic acids is 1. The number of rotatable bonds is 9. The van der Waals surface area contributed by atoms with Crippen LogP contribution in [0.5, 0.6) is 0 Å². The molecule has 0 spiro atoms. The van der Waals surface area contributed by atoms with Crippen molar-refractivity contribution in [3.63, 3.8) is 0 Å². The standard InChI is InChI=1S/C19H32O4/c1-13(2)8-7-9-15(12-14(3)4)23-19(22)17-11-6-5-10-16(17)18(20)21/h5-6,13-17H,7-12H2,1-4H3,(H,20,21). The molecule has 0 fully saturated rings. The first-order chi connectivity index (χ1) is 10.8. The molecule has 1 rings (SSSR count). The Hall–Kier alpha value is -1.32. The van der Waals surface area contributed by atoms with Crippen LogP contribution in [0, 0.1) is 23.7 Å². The van der Waals surface area contributed by atoms with Gasteiger partial charge in [0.25, 0.3) is 0 Å². The lowest BCUT2D eigenvalue weighted by molar-refractivity contribution is -0.162. The van der Waals surface area contributed by atoms with Gasteiger partial charge in [0.05, 0.1) is 11.8 Å². The third-order valence-electron chi connectivity index (χ3n) is 4.38. The SMILES string of the molecule is CC(C)CCCC(CC(C)C)OC(=O)C1CC=CCC1C(=O)O. The van der Waals surface area contributed by atoms with Gasteiger partial charge in [0.2, 0.25) is 0 Å². The summed E-state index contributed by atoms with van der Waals surface area (Å²) in [7, 11) is 0. The Morgan fingerprint density at radius 1 is 1.04 bits per heavy atom. The maximum absolute atomic E-state index is 12.5. The summed E-state index contributed by atoms with van der Waals surface area (Å²) in [6, 6.07) is 0. The highest BCUT2D eigenvalue weighted by Gasteiger charge is 2.36. The van der Waals surface area contributed by atoms with Gasteiger partial charge in [0.15, 0.2) is 0 Å².